The zero-order valence-electron chi connectivity index (χ0n) is 7.47. The summed E-state index contributed by atoms with van der Waals surface area (Å²) in [5.74, 6) is -1.64. The van der Waals surface area contributed by atoms with Crippen LogP contribution in [-0.2, 0) is 23.5 Å². The first-order valence-electron chi connectivity index (χ1n) is 4.15. The van der Waals surface area contributed by atoms with Crippen molar-refractivity contribution in [1.82, 2.24) is 5.32 Å². The summed E-state index contributed by atoms with van der Waals surface area (Å²) >= 11 is 0. The van der Waals surface area contributed by atoms with E-state index in [-0.39, 0.29) is 6.61 Å². The molecular formula is C6H11NO6S. The first-order valence-corrected chi connectivity index (χ1v) is 5.49. The fourth-order valence-electron chi connectivity index (χ4n) is 1.49. The number of hydrogen-bond acceptors (Lipinski definition) is 7. The maximum Gasteiger partial charge on any atom is 0.404 e. The molecule has 2 aliphatic heterocycles. The van der Waals surface area contributed by atoms with Crippen molar-refractivity contribution in [2.24, 2.45) is 0 Å². The Kier molecular flexibility index (Phi) is 2.29. The quantitative estimate of drug-likeness (QED) is 0.549. The molecule has 0 radical (unpaired) electrons. The van der Waals surface area contributed by atoms with E-state index in [1.807, 2.05) is 0 Å². The number of fused-ring (bicyclic) bond motifs is 1. The van der Waals surface area contributed by atoms with E-state index in [4.69, 9.17) is 4.74 Å². The van der Waals surface area contributed by atoms with Crippen molar-refractivity contribution in [1.29, 1.82) is 0 Å². The molecule has 14 heavy (non-hydrogen) atoms. The van der Waals surface area contributed by atoms with E-state index >= 15 is 0 Å². The maximum absolute atomic E-state index is 11.0. The highest BCUT2D eigenvalue weighted by Gasteiger charge is 2.59. The van der Waals surface area contributed by atoms with Crippen molar-refractivity contribution in [2.75, 3.05) is 13.2 Å². The molecular weight excluding hydrogens is 214 g/mol. The summed E-state index contributed by atoms with van der Waals surface area (Å²) in [6, 6.07) is 0. The van der Waals surface area contributed by atoms with Crippen LogP contribution in [0.25, 0.3) is 0 Å². The predicted molar refractivity (Wildman–Crippen MR) is 43.2 cm³/mol. The molecule has 7 nitrogen and oxygen atoms in total. The lowest BCUT2D eigenvalue weighted by Gasteiger charge is -2.36. The Morgan fingerprint density at radius 1 is 1.64 bits per heavy atom. The molecule has 2 rings (SSSR count). The molecule has 82 valence electrons. The normalized spacial score (nSPS) is 43.1. The molecule has 0 bridgehead atoms. The monoisotopic (exact) mass is 225 g/mol. The summed E-state index contributed by atoms with van der Waals surface area (Å²) < 4.78 is 36.4. The summed E-state index contributed by atoms with van der Waals surface area (Å²) in [5, 5.41) is 12.2. The van der Waals surface area contributed by atoms with Crippen molar-refractivity contribution >= 4 is 10.4 Å². The first kappa shape index (κ1) is 10.3. The summed E-state index contributed by atoms with van der Waals surface area (Å²) in [7, 11) is -4.08. The van der Waals surface area contributed by atoms with E-state index in [0.717, 1.165) is 0 Å². The summed E-state index contributed by atoms with van der Waals surface area (Å²) in [4.78, 5) is 0. The second-order valence-corrected chi connectivity index (χ2v) is 4.34. The van der Waals surface area contributed by atoms with Crippen LogP contribution in [-0.4, -0.2) is 44.8 Å². The fraction of sp³-hybridized carbons (Fsp3) is 1.00. The summed E-state index contributed by atoms with van der Waals surface area (Å²) in [6.07, 6.45) is -2.10. The van der Waals surface area contributed by atoms with E-state index < -0.39 is 28.5 Å². The predicted octanol–water partition coefficient (Wildman–Crippen LogP) is -1.70. The third-order valence-corrected chi connectivity index (χ3v) is 3.05. The first-order chi connectivity index (χ1) is 6.46. The van der Waals surface area contributed by atoms with Crippen LogP contribution in [0.2, 0.25) is 0 Å². The molecule has 0 spiro atoms. The molecule has 0 amide bonds. The van der Waals surface area contributed by atoms with Crippen LogP contribution in [0, 0.1) is 0 Å². The van der Waals surface area contributed by atoms with Crippen LogP contribution in [0.15, 0.2) is 0 Å². The molecule has 0 aliphatic carbocycles. The number of morpholine rings is 1. The zero-order chi connectivity index (χ0) is 10.4. The van der Waals surface area contributed by atoms with Crippen molar-refractivity contribution in [3.8, 4) is 0 Å². The van der Waals surface area contributed by atoms with Crippen LogP contribution < -0.4 is 5.32 Å². The van der Waals surface area contributed by atoms with Gasteiger partial charge in [-0.15, -0.1) is 0 Å². The third-order valence-electron chi connectivity index (χ3n) is 2.15. The molecule has 2 saturated heterocycles. The SMILES string of the molecule is CC(O)C12OCCNC1OS(=O)(=O)O2. The molecule has 2 N–H and O–H groups in total. The maximum atomic E-state index is 11.0. The standard InChI is InChI=1S/C6H11NO6S/c1-4(8)6-5(7-2-3-11-6)12-14(9,10)13-6/h4-5,7-8H,2-3H2,1H3. The van der Waals surface area contributed by atoms with Crippen LogP contribution in [0.4, 0.5) is 0 Å². The van der Waals surface area contributed by atoms with Crippen molar-refractivity contribution < 1.29 is 26.6 Å². The number of aliphatic hydroxyl groups excluding tert-OH is 1. The molecule has 8 heteroatoms. The minimum absolute atomic E-state index is 0.250. The Labute approximate surface area is 81.3 Å². The summed E-state index contributed by atoms with van der Waals surface area (Å²) in [5.41, 5.74) is 0. The van der Waals surface area contributed by atoms with Gasteiger partial charge in [0, 0.05) is 6.54 Å². The molecule has 0 aromatic rings. The number of aliphatic hydroxyl groups is 1. The van der Waals surface area contributed by atoms with E-state index in [1.165, 1.54) is 6.92 Å². The topological polar surface area (TPSA) is 94.1 Å². The van der Waals surface area contributed by atoms with Gasteiger partial charge in [0.2, 0.25) is 0 Å². The minimum atomic E-state index is -4.08. The Morgan fingerprint density at radius 2 is 2.36 bits per heavy atom. The average Bonchev–Trinajstić information content (AvgIpc) is 2.35. The Morgan fingerprint density at radius 3 is 2.93 bits per heavy atom. The highest BCUT2D eigenvalue weighted by atomic mass is 32.3. The van der Waals surface area contributed by atoms with Crippen molar-refractivity contribution in [3.05, 3.63) is 0 Å². The molecule has 0 saturated carbocycles. The number of ether oxygens (including phenoxy) is 1. The van der Waals surface area contributed by atoms with Gasteiger partial charge in [-0.2, -0.15) is 8.42 Å². The van der Waals surface area contributed by atoms with Gasteiger partial charge in [0.1, 0.15) is 6.10 Å². The van der Waals surface area contributed by atoms with E-state index in [2.05, 4.69) is 13.7 Å². The second-order valence-electron chi connectivity index (χ2n) is 3.17. The minimum Gasteiger partial charge on any atom is -0.388 e. The molecule has 0 aromatic heterocycles. The largest absolute Gasteiger partial charge is 0.404 e. The molecule has 3 atom stereocenters. The van der Waals surface area contributed by atoms with Gasteiger partial charge in [-0.25, -0.2) is 8.37 Å². The fourth-order valence-corrected chi connectivity index (χ4v) is 2.56. The third kappa shape index (κ3) is 1.44. The smallest absolute Gasteiger partial charge is 0.388 e. The van der Waals surface area contributed by atoms with E-state index in [1.54, 1.807) is 0 Å². The molecule has 2 heterocycles. The zero-order valence-corrected chi connectivity index (χ0v) is 8.28. The molecule has 0 aromatic carbocycles. The lowest BCUT2D eigenvalue weighted by atomic mass is 10.1. The van der Waals surface area contributed by atoms with Gasteiger partial charge >= 0.3 is 10.4 Å². The highest BCUT2D eigenvalue weighted by Crippen LogP contribution is 2.35. The van der Waals surface area contributed by atoms with Crippen LogP contribution in [0.1, 0.15) is 6.92 Å². The Hall–Kier alpha value is -0.250. The molecule has 3 unspecified atom stereocenters. The van der Waals surface area contributed by atoms with Gasteiger partial charge in [-0.1, -0.05) is 0 Å². The number of hydrogen-bond donors (Lipinski definition) is 2. The van der Waals surface area contributed by atoms with Gasteiger partial charge in [0.05, 0.1) is 6.61 Å². The van der Waals surface area contributed by atoms with Gasteiger partial charge in [-0.05, 0) is 6.92 Å². The van der Waals surface area contributed by atoms with Crippen LogP contribution in [0.5, 0.6) is 0 Å². The average molecular weight is 225 g/mol. The Balaban J connectivity index is 2.34. The molecule has 2 aliphatic rings. The van der Waals surface area contributed by atoms with Gasteiger partial charge < -0.3 is 9.84 Å². The lowest BCUT2D eigenvalue weighted by Crippen LogP contribution is -2.61. The Bertz CT molecular complexity index is 327. The highest BCUT2D eigenvalue weighted by molar-refractivity contribution is 7.82. The van der Waals surface area contributed by atoms with Gasteiger partial charge in [0.15, 0.2) is 6.23 Å². The van der Waals surface area contributed by atoms with Gasteiger partial charge in [-0.3, -0.25) is 5.32 Å². The van der Waals surface area contributed by atoms with E-state index in [9.17, 15) is 13.5 Å². The summed E-state index contributed by atoms with van der Waals surface area (Å²) in [6.45, 7) is 2.07. The second kappa shape index (κ2) is 3.12. The van der Waals surface area contributed by atoms with Gasteiger partial charge in [0.25, 0.3) is 5.79 Å². The molecule has 2 fully saturated rings. The van der Waals surface area contributed by atoms with E-state index in [0.29, 0.717) is 6.54 Å². The van der Waals surface area contributed by atoms with Crippen molar-refractivity contribution in [2.45, 2.75) is 25.0 Å². The van der Waals surface area contributed by atoms with Crippen LogP contribution in [0.3, 0.4) is 0 Å². The number of nitrogens with one attached hydrogen (secondary N) is 1. The number of rotatable bonds is 1. The van der Waals surface area contributed by atoms with Crippen molar-refractivity contribution in [3.63, 3.8) is 0 Å². The van der Waals surface area contributed by atoms with Crippen LogP contribution >= 0.6 is 0 Å². The lowest BCUT2D eigenvalue weighted by molar-refractivity contribution is -0.267.